The predicted octanol–water partition coefficient (Wildman–Crippen LogP) is 2.44. The third-order valence-corrected chi connectivity index (χ3v) is 6.10. The second-order valence-electron chi connectivity index (χ2n) is 6.72. The minimum Gasteiger partial charge on any atom is -0.373 e. The van der Waals surface area contributed by atoms with Crippen LogP contribution >= 0.6 is 0 Å². The number of morpholine rings is 1. The fourth-order valence-electron chi connectivity index (χ4n) is 3.05. The summed E-state index contributed by atoms with van der Waals surface area (Å²) in [7, 11) is -3.60. The van der Waals surface area contributed by atoms with Gasteiger partial charge in [-0.2, -0.15) is 4.31 Å². The van der Waals surface area contributed by atoms with Crippen LogP contribution in [0.4, 0.5) is 5.69 Å². The topological polar surface area (TPSA) is 88.6 Å². The quantitative estimate of drug-likeness (QED) is 0.868. The summed E-state index contributed by atoms with van der Waals surface area (Å²) in [4.78, 5) is 16.6. The maximum absolute atomic E-state index is 12.8. The van der Waals surface area contributed by atoms with Gasteiger partial charge >= 0.3 is 0 Å². The molecule has 1 aromatic carbocycles. The number of pyridine rings is 1. The van der Waals surface area contributed by atoms with Gasteiger partial charge in [0.05, 0.1) is 17.1 Å². The first-order valence-corrected chi connectivity index (χ1v) is 10.2. The van der Waals surface area contributed by atoms with Gasteiger partial charge in [-0.1, -0.05) is 6.07 Å². The van der Waals surface area contributed by atoms with Crippen molar-refractivity contribution in [1.82, 2.24) is 9.29 Å². The number of rotatable bonds is 4. The molecule has 0 bridgehead atoms. The monoisotopic (exact) mass is 389 g/mol. The van der Waals surface area contributed by atoms with Crippen LogP contribution in [0.5, 0.6) is 0 Å². The zero-order chi connectivity index (χ0) is 19.6. The Morgan fingerprint density at radius 2 is 1.74 bits per heavy atom. The van der Waals surface area contributed by atoms with E-state index >= 15 is 0 Å². The second kappa shape index (κ2) is 7.75. The van der Waals surface area contributed by atoms with E-state index in [4.69, 9.17) is 4.74 Å². The number of nitrogens with one attached hydrogen (secondary N) is 1. The number of nitrogens with zero attached hydrogens (tertiary/aromatic N) is 2. The molecule has 1 fully saturated rings. The fourth-order valence-corrected chi connectivity index (χ4v) is 4.64. The molecule has 3 rings (SSSR count). The lowest BCUT2D eigenvalue weighted by Crippen LogP contribution is -2.48. The molecule has 1 aliphatic rings. The number of hydrogen-bond donors (Lipinski definition) is 1. The molecule has 1 amide bonds. The van der Waals surface area contributed by atoms with Crippen LogP contribution < -0.4 is 5.32 Å². The Morgan fingerprint density at radius 3 is 2.33 bits per heavy atom. The van der Waals surface area contributed by atoms with Gasteiger partial charge in [0.25, 0.3) is 5.91 Å². The van der Waals surface area contributed by atoms with E-state index in [1.165, 1.54) is 16.4 Å². The SMILES string of the molecule is Cc1cccc(C(=O)Nc2ccc(S(=O)(=O)N3CC(C)OC(C)C3)cc2)n1. The van der Waals surface area contributed by atoms with Crippen LogP contribution in [0.15, 0.2) is 47.4 Å². The highest BCUT2D eigenvalue weighted by atomic mass is 32.2. The van der Waals surface area contributed by atoms with Crippen molar-refractivity contribution in [3.05, 3.63) is 53.9 Å². The Balaban J connectivity index is 1.74. The van der Waals surface area contributed by atoms with Crippen molar-refractivity contribution in [2.75, 3.05) is 18.4 Å². The summed E-state index contributed by atoms with van der Waals surface area (Å²) >= 11 is 0. The zero-order valence-corrected chi connectivity index (χ0v) is 16.4. The molecule has 1 aliphatic heterocycles. The van der Waals surface area contributed by atoms with Crippen molar-refractivity contribution in [3.63, 3.8) is 0 Å². The lowest BCUT2D eigenvalue weighted by atomic mass is 10.2. The van der Waals surface area contributed by atoms with Crippen LogP contribution in [0.2, 0.25) is 0 Å². The van der Waals surface area contributed by atoms with Crippen LogP contribution in [0.25, 0.3) is 0 Å². The third-order valence-electron chi connectivity index (χ3n) is 4.26. The summed E-state index contributed by atoms with van der Waals surface area (Å²) in [5, 5.41) is 2.73. The van der Waals surface area contributed by atoms with Crippen LogP contribution in [0.3, 0.4) is 0 Å². The summed E-state index contributed by atoms with van der Waals surface area (Å²) in [6, 6.07) is 11.4. The Morgan fingerprint density at radius 1 is 1.11 bits per heavy atom. The van der Waals surface area contributed by atoms with Crippen LogP contribution in [-0.2, 0) is 14.8 Å². The number of hydrogen-bond acceptors (Lipinski definition) is 5. The molecule has 27 heavy (non-hydrogen) atoms. The van der Waals surface area contributed by atoms with Crippen molar-refractivity contribution >= 4 is 21.6 Å². The van der Waals surface area contributed by atoms with E-state index in [0.717, 1.165) is 5.69 Å². The number of benzene rings is 1. The molecule has 0 aliphatic carbocycles. The minimum absolute atomic E-state index is 0.149. The molecule has 2 unspecified atom stereocenters. The number of sulfonamides is 1. The zero-order valence-electron chi connectivity index (χ0n) is 15.5. The van der Waals surface area contributed by atoms with E-state index in [2.05, 4.69) is 10.3 Å². The third kappa shape index (κ3) is 4.52. The number of amides is 1. The smallest absolute Gasteiger partial charge is 0.274 e. The summed E-state index contributed by atoms with van der Waals surface area (Å²) in [5.41, 5.74) is 1.56. The average Bonchev–Trinajstić information content (AvgIpc) is 2.61. The largest absolute Gasteiger partial charge is 0.373 e. The molecule has 2 aromatic rings. The first kappa shape index (κ1) is 19.5. The Bertz CT molecular complexity index is 918. The van der Waals surface area contributed by atoms with Gasteiger partial charge in [-0.3, -0.25) is 4.79 Å². The molecule has 0 radical (unpaired) electrons. The van der Waals surface area contributed by atoms with Crippen molar-refractivity contribution < 1.29 is 17.9 Å². The van der Waals surface area contributed by atoms with Gasteiger partial charge in [-0.05, 0) is 57.2 Å². The Kier molecular flexibility index (Phi) is 5.59. The average molecular weight is 389 g/mol. The second-order valence-corrected chi connectivity index (χ2v) is 8.66. The molecule has 0 saturated carbocycles. The normalized spacial score (nSPS) is 21.0. The van der Waals surface area contributed by atoms with E-state index in [0.29, 0.717) is 24.5 Å². The number of carbonyl (C=O) groups excluding carboxylic acids is 1. The van der Waals surface area contributed by atoms with Crippen molar-refractivity contribution in [3.8, 4) is 0 Å². The standard InChI is InChI=1S/C19H23N3O4S/c1-13-5-4-6-18(20-13)19(23)21-16-7-9-17(10-8-16)27(24,25)22-11-14(2)26-15(3)12-22/h4-10,14-15H,11-12H2,1-3H3,(H,21,23). The molecule has 1 saturated heterocycles. The molecule has 144 valence electrons. The lowest BCUT2D eigenvalue weighted by Gasteiger charge is -2.34. The minimum atomic E-state index is -3.60. The van der Waals surface area contributed by atoms with E-state index in [-0.39, 0.29) is 23.0 Å². The number of carbonyl (C=O) groups is 1. The number of anilines is 1. The van der Waals surface area contributed by atoms with E-state index < -0.39 is 10.0 Å². The molecular formula is C19H23N3O4S. The molecule has 1 aromatic heterocycles. The van der Waals surface area contributed by atoms with Gasteiger partial charge in [0, 0.05) is 24.5 Å². The number of aromatic nitrogens is 1. The molecule has 8 heteroatoms. The molecule has 2 atom stereocenters. The fraction of sp³-hybridized carbons (Fsp3) is 0.368. The highest BCUT2D eigenvalue weighted by Gasteiger charge is 2.32. The first-order valence-electron chi connectivity index (χ1n) is 8.76. The maximum Gasteiger partial charge on any atom is 0.274 e. The maximum atomic E-state index is 12.8. The van der Waals surface area contributed by atoms with Crippen LogP contribution in [0, 0.1) is 6.92 Å². The van der Waals surface area contributed by atoms with Crippen LogP contribution in [-0.4, -0.2) is 48.9 Å². The summed E-state index contributed by atoms with van der Waals surface area (Å²) in [6.45, 7) is 6.17. The van der Waals surface area contributed by atoms with E-state index in [9.17, 15) is 13.2 Å². The van der Waals surface area contributed by atoms with Crippen LogP contribution in [0.1, 0.15) is 30.0 Å². The van der Waals surface area contributed by atoms with Gasteiger partial charge in [0.15, 0.2) is 0 Å². The lowest BCUT2D eigenvalue weighted by molar-refractivity contribution is -0.0440. The molecule has 7 nitrogen and oxygen atoms in total. The van der Waals surface area contributed by atoms with Gasteiger partial charge in [0.2, 0.25) is 10.0 Å². The Labute approximate surface area is 159 Å². The van der Waals surface area contributed by atoms with Crippen molar-refractivity contribution in [2.24, 2.45) is 0 Å². The van der Waals surface area contributed by atoms with E-state index in [1.807, 2.05) is 26.8 Å². The highest BCUT2D eigenvalue weighted by molar-refractivity contribution is 7.89. The molecule has 2 heterocycles. The summed E-state index contributed by atoms with van der Waals surface area (Å²) in [6.07, 6.45) is -0.298. The summed E-state index contributed by atoms with van der Waals surface area (Å²) in [5.74, 6) is -0.342. The Hall–Kier alpha value is -2.29. The molecule has 0 spiro atoms. The van der Waals surface area contributed by atoms with Crippen molar-refractivity contribution in [2.45, 2.75) is 37.9 Å². The van der Waals surface area contributed by atoms with Gasteiger partial charge in [-0.25, -0.2) is 13.4 Å². The summed E-state index contributed by atoms with van der Waals surface area (Å²) < 4.78 is 32.7. The number of aryl methyl sites for hydroxylation is 1. The predicted molar refractivity (Wildman–Crippen MR) is 102 cm³/mol. The van der Waals surface area contributed by atoms with Gasteiger partial charge in [-0.15, -0.1) is 0 Å². The first-order chi connectivity index (χ1) is 12.8. The van der Waals surface area contributed by atoms with Crippen molar-refractivity contribution in [1.29, 1.82) is 0 Å². The molecule has 1 N–H and O–H groups in total. The number of ether oxygens (including phenoxy) is 1. The van der Waals surface area contributed by atoms with Gasteiger partial charge in [0.1, 0.15) is 5.69 Å². The van der Waals surface area contributed by atoms with Gasteiger partial charge < -0.3 is 10.1 Å². The highest BCUT2D eigenvalue weighted by Crippen LogP contribution is 2.22. The van der Waals surface area contributed by atoms with E-state index in [1.54, 1.807) is 24.3 Å². The molecular weight excluding hydrogens is 366 g/mol.